The zero-order chi connectivity index (χ0) is 10.6. The second-order valence-electron chi connectivity index (χ2n) is 5.23. The number of hydrogen-bond acceptors (Lipinski definition) is 3. The number of hydrogen-bond donors (Lipinski definition) is 2. The maximum absolute atomic E-state index is 5.51. The molecule has 1 atom stereocenters. The van der Waals surface area contributed by atoms with Crippen LogP contribution in [-0.2, 0) is 4.74 Å². The lowest BCUT2D eigenvalue weighted by molar-refractivity contribution is 0.0287. The third-order valence-electron chi connectivity index (χ3n) is 3.35. The normalized spacial score (nSPS) is 31.8. The van der Waals surface area contributed by atoms with E-state index in [1.807, 2.05) is 0 Å². The van der Waals surface area contributed by atoms with E-state index in [1.165, 1.54) is 32.1 Å². The van der Waals surface area contributed by atoms with Gasteiger partial charge in [0.2, 0.25) is 0 Å². The highest BCUT2D eigenvalue weighted by atomic mass is 16.5. The largest absolute Gasteiger partial charge is 0.380 e. The summed E-state index contributed by atoms with van der Waals surface area (Å²) in [5.74, 6) is 0. The smallest absolute Gasteiger partial charge is 0.0645 e. The Bertz CT molecular complexity index is 186. The molecule has 0 amide bonds. The molecule has 15 heavy (non-hydrogen) atoms. The molecule has 2 N–H and O–H groups in total. The molecule has 0 bridgehead atoms. The van der Waals surface area contributed by atoms with Crippen molar-refractivity contribution in [3.8, 4) is 0 Å². The van der Waals surface area contributed by atoms with Crippen molar-refractivity contribution in [1.29, 1.82) is 0 Å². The Morgan fingerprint density at radius 3 is 2.87 bits per heavy atom. The van der Waals surface area contributed by atoms with E-state index in [-0.39, 0.29) is 5.54 Å². The van der Waals surface area contributed by atoms with Gasteiger partial charge in [0.15, 0.2) is 0 Å². The van der Waals surface area contributed by atoms with Gasteiger partial charge >= 0.3 is 0 Å². The first-order valence-corrected chi connectivity index (χ1v) is 6.35. The van der Waals surface area contributed by atoms with Crippen LogP contribution >= 0.6 is 0 Å². The van der Waals surface area contributed by atoms with E-state index in [1.54, 1.807) is 0 Å². The standard InChI is InChI=1S/C12H24N2O/c1-12(6-2-9-15-10-12)14-8-3-7-13-11-4-5-11/h11,13-14H,2-10H2,1H3. The second-order valence-corrected chi connectivity index (χ2v) is 5.23. The summed E-state index contributed by atoms with van der Waals surface area (Å²) in [6.45, 7) is 6.37. The van der Waals surface area contributed by atoms with Gasteiger partial charge in [-0.3, -0.25) is 0 Å². The van der Waals surface area contributed by atoms with Gasteiger partial charge in [0.05, 0.1) is 6.61 Å². The van der Waals surface area contributed by atoms with Gasteiger partial charge in [0.25, 0.3) is 0 Å². The van der Waals surface area contributed by atoms with E-state index in [0.29, 0.717) is 0 Å². The summed E-state index contributed by atoms with van der Waals surface area (Å²) < 4.78 is 5.51. The Morgan fingerprint density at radius 2 is 2.20 bits per heavy atom. The summed E-state index contributed by atoms with van der Waals surface area (Å²) in [6, 6.07) is 0.846. The fraction of sp³-hybridized carbons (Fsp3) is 1.00. The molecule has 3 heteroatoms. The van der Waals surface area contributed by atoms with Crippen LogP contribution in [0.3, 0.4) is 0 Å². The first kappa shape index (κ1) is 11.4. The quantitative estimate of drug-likeness (QED) is 0.651. The van der Waals surface area contributed by atoms with Crippen LogP contribution in [0.4, 0.5) is 0 Å². The first-order valence-electron chi connectivity index (χ1n) is 6.35. The number of nitrogens with one attached hydrogen (secondary N) is 2. The van der Waals surface area contributed by atoms with Crippen molar-refractivity contribution in [3.63, 3.8) is 0 Å². The molecule has 0 aromatic rings. The molecule has 2 fully saturated rings. The molecule has 0 aromatic heterocycles. The Morgan fingerprint density at radius 1 is 1.33 bits per heavy atom. The van der Waals surface area contributed by atoms with E-state index < -0.39 is 0 Å². The summed E-state index contributed by atoms with van der Waals surface area (Å²) in [6.07, 6.45) is 6.46. The first-order chi connectivity index (χ1) is 7.29. The lowest BCUT2D eigenvalue weighted by Crippen LogP contribution is -2.49. The lowest BCUT2D eigenvalue weighted by atomic mass is 9.95. The predicted molar refractivity (Wildman–Crippen MR) is 62.1 cm³/mol. The van der Waals surface area contributed by atoms with Crippen molar-refractivity contribution < 1.29 is 4.74 Å². The SMILES string of the molecule is CC1(NCCCNC2CC2)CCCOC1. The Kier molecular flexibility index (Phi) is 4.00. The van der Waals surface area contributed by atoms with Crippen molar-refractivity contribution in [2.24, 2.45) is 0 Å². The van der Waals surface area contributed by atoms with Crippen LogP contribution in [0.25, 0.3) is 0 Å². The molecule has 1 saturated heterocycles. The number of ether oxygens (including phenoxy) is 1. The lowest BCUT2D eigenvalue weighted by Gasteiger charge is -2.34. The molecule has 2 rings (SSSR count). The van der Waals surface area contributed by atoms with Gasteiger partial charge in [0, 0.05) is 18.2 Å². The maximum atomic E-state index is 5.51. The van der Waals surface area contributed by atoms with Crippen LogP contribution in [0, 0.1) is 0 Å². The molecule has 0 spiro atoms. The van der Waals surface area contributed by atoms with E-state index >= 15 is 0 Å². The monoisotopic (exact) mass is 212 g/mol. The van der Waals surface area contributed by atoms with Crippen molar-refractivity contribution in [3.05, 3.63) is 0 Å². The molecule has 0 radical (unpaired) electrons. The topological polar surface area (TPSA) is 33.3 Å². The Hall–Kier alpha value is -0.120. The minimum Gasteiger partial charge on any atom is -0.380 e. The molecule has 1 saturated carbocycles. The van der Waals surface area contributed by atoms with Crippen molar-refractivity contribution in [2.75, 3.05) is 26.3 Å². The van der Waals surface area contributed by atoms with Gasteiger partial charge in [-0.1, -0.05) is 0 Å². The highest BCUT2D eigenvalue weighted by molar-refractivity contribution is 4.85. The molecular weight excluding hydrogens is 188 g/mol. The van der Waals surface area contributed by atoms with Crippen molar-refractivity contribution in [1.82, 2.24) is 10.6 Å². The minimum absolute atomic E-state index is 0.234. The molecule has 3 nitrogen and oxygen atoms in total. The zero-order valence-corrected chi connectivity index (χ0v) is 9.85. The third-order valence-corrected chi connectivity index (χ3v) is 3.35. The second kappa shape index (κ2) is 5.28. The number of rotatable bonds is 6. The molecule has 0 aromatic carbocycles. The summed E-state index contributed by atoms with van der Waals surface area (Å²) in [4.78, 5) is 0. The van der Waals surface area contributed by atoms with Gasteiger partial charge in [-0.2, -0.15) is 0 Å². The van der Waals surface area contributed by atoms with Gasteiger partial charge in [-0.15, -0.1) is 0 Å². The predicted octanol–water partition coefficient (Wildman–Crippen LogP) is 1.29. The summed E-state index contributed by atoms with van der Waals surface area (Å²) >= 11 is 0. The fourth-order valence-electron chi connectivity index (χ4n) is 2.15. The third kappa shape index (κ3) is 4.09. The summed E-state index contributed by atoms with van der Waals surface area (Å²) in [7, 11) is 0. The van der Waals surface area contributed by atoms with E-state index in [4.69, 9.17) is 4.74 Å². The highest BCUT2D eigenvalue weighted by Gasteiger charge is 2.26. The molecular formula is C12H24N2O. The molecule has 1 aliphatic carbocycles. The van der Waals surface area contributed by atoms with Gasteiger partial charge in [-0.05, 0) is 52.1 Å². The molecule has 1 unspecified atom stereocenters. The summed E-state index contributed by atoms with van der Waals surface area (Å²) in [5.41, 5.74) is 0.234. The molecule has 1 aliphatic heterocycles. The van der Waals surface area contributed by atoms with Crippen molar-refractivity contribution in [2.45, 2.75) is 50.6 Å². The van der Waals surface area contributed by atoms with Crippen LogP contribution in [-0.4, -0.2) is 37.9 Å². The molecule has 2 aliphatic rings. The average Bonchev–Trinajstić information content (AvgIpc) is 3.02. The molecule has 88 valence electrons. The highest BCUT2D eigenvalue weighted by Crippen LogP contribution is 2.19. The average molecular weight is 212 g/mol. The van der Waals surface area contributed by atoms with Crippen LogP contribution in [0.2, 0.25) is 0 Å². The zero-order valence-electron chi connectivity index (χ0n) is 9.85. The van der Waals surface area contributed by atoms with Crippen molar-refractivity contribution >= 4 is 0 Å². The summed E-state index contributed by atoms with van der Waals surface area (Å²) in [5, 5.41) is 7.16. The molecule has 1 heterocycles. The van der Waals surface area contributed by atoms with E-state index in [9.17, 15) is 0 Å². The van der Waals surface area contributed by atoms with E-state index in [2.05, 4.69) is 17.6 Å². The van der Waals surface area contributed by atoms with Crippen LogP contribution < -0.4 is 10.6 Å². The van der Waals surface area contributed by atoms with Crippen LogP contribution in [0.15, 0.2) is 0 Å². The van der Waals surface area contributed by atoms with Gasteiger partial charge in [0.1, 0.15) is 0 Å². The van der Waals surface area contributed by atoms with Crippen LogP contribution in [0.5, 0.6) is 0 Å². The Labute approximate surface area is 93.0 Å². The van der Waals surface area contributed by atoms with E-state index in [0.717, 1.165) is 32.3 Å². The fourth-order valence-corrected chi connectivity index (χ4v) is 2.15. The van der Waals surface area contributed by atoms with Gasteiger partial charge in [-0.25, -0.2) is 0 Å². The van der Waals surface area contributed by atoms with Gasteiger partial charge < -0.3 is 15.4 Å². The minimum atomic E-state index is 0.234. The Balaban J connectivity index is 1.51. The maximum Gasteiger partial charge on any atom is 0.0645 e. The van der Waals surface area contributed by atoms with Crippen LogP contribution in [0.1, 0.15) is 39.0 Å².